The molecule has 80 heavy (non-hydrogen) atoms. The van der Waals surface area contributed by atoms with Gasteiger partial charge < -0.3 is 19.6 Å². The summed E-state index contributed by atoms with van der Waals surface area (Å²) in [5, 5.41) is 0. The minimum atomic E-state index is 1.07. The summed E-state index contributed by atoms with van der Waals surface area (Å²) in [6, 6.07) is 110. The monoisotopic (exact) mass is 1030 g/mol. The Bertz CT molecular complexity index is 3690. The van der Waals surface area contributed by atoms with Crippen LogP contribution in [0.2, 0.25) is 0 Å². The van der Waals surface area contributed by atoms with Crippen molar-refractivity contribution >= 4 is 68.2 Å². The van der Waals surface area contributed by atoms with Crippen molar-refractivity contribution in [2.45, 2.75) is 27.7 Å². The zero-order chi connectivity index (χ0) is 54.4. The maximum Gasteiger partial charge on any atom is 0.0464 e. The quantitative estimate of drug-likeness (QED) is 0.101. The maximum atomic E-state index is 2.35. The highest BCUT2D eigenvalue weighted by Gasteiger charge is 2.18. The summed E-state index contributed by atoms with van der Waals surface area (Å²) in [4.78, 5) is 9.33. The minimum absolute atomic E-state index is 1.07. The van der Waals surface area contributed by atoms with Crippen molar-refractivity contribution in [1.82, 2.24) is 0 Å². The molecule has 0 aliphatic carbocycles. The second-order valence-corrected chi connectivity index (χ2v) is 20.6. The third kappa shape index (κ3) is 11.0. The molecule has 12 rings (SSSR count). The zero-order valence-electron chi connectivity index (χ0n) is 45.7. The Morgan fingerprint density at radius 2 is 0.312 bits per heavy atom. The first-order valence-corrected chi connectivity index (χ1v) is 27.5. The number of para-hydroxylation sites is 2. The van der Waals surface area contributed by atoms with Crippen LogP contribution in [0.25, 0.3) is 33.4 Å². The van der Waals surface area contributed by atoms with Gasteiger partial charge in [-0.3, -0.25) is 0 Å². The molecule has 12 aromatic rings. The predicted octanol–water partition coefficient (Wildman–Crippen LogP) is 21.8. The number of hydrogen-bond donors (Lipinski definition) is 0. The maximum absolute atomic E-state index is 2.35. The van der Waals surface area contributed by atoms with Gasteiger partial charge in [0.1, 0.15) is 0 Å². The lowest BCUT2D eigenvalue weighted by Gasteiger charge is -2.27. The Morgan fingerprint density at radius 1 is 0.150 bits per heavy atom. The smallest absolute Gasteiger partial charge is 0.0464 e. The average molecular weight is 1030 g/mol. The van der Waals surface area contributed by atoms with Gasteiger partial charge >= 0.3 is 0 Å². The van der Waals surface area contributed by atoms with Gasteiger partial charge in [0.2, 0.25) is 0 Å². The summed E-state index contributed by atoms with van der Waals surface area (Å²) in [7, 11) is 0. The van der Waals surface area contributed by atoms with Crippen molar-refractivity contribution in [2.75, 3.05) is 19.6 Å². The molecule has 4 heteroatoms. The molecule has 0 N–H and O–H groups in total. The third-order valence-corrected chi connectivity index (χ3v) is 14.8. The molecule has 0 radical (unpaired) electrons. The molecule has 0 heterocycles. The number of nitrogens with zero attached hydrogens (tertiary/aromatic N) is 4. The first kappa shape index (κ1) is 50.6. The lowest BCUT2D eigenvalue weighted by Crippen LogP contribution is -2.10. The van der Waals surface area contributed by atoms with Crippen LogP contribution in [0, 0.1) is 27.7 Å². The lowest BCUT2D eigenvalue weighted by molar-refractivity contribution is 1.26. The molecule has 0 aromatic heterocycles. The van der Waals surface area contributed by atoms with Crippen LogP contribution in [0.4, 0.5) is 68.2 Å². The molecule has 0 saturated heterocycles. The number of rotatable bonds is 15. The van der Waals surface area contributed by atoms with Crippen LogP contribution in [0.1, 0.15) is 22.3 Å². The number of aryl methyl sites for hydroxylation is 4. The van der Waals surface area contributed by atoms with Crippen LogP contribution < -0.4 is 19.6 Å². The van der Waals surface area contributed by atoms with Crippen molar-refractivity contribution in [3.8, 4) is 33.4 Å². The summed E-state index contributed by atoms with van der Waals surface area (Å²) >= 11 is 0. The molecular weight excluding hydrogens is 969 g/mol. The van der Waals surface area contributed by atoms with E-state index in [1.807, 2.05) is 0 Å². The van der Waals surface area contributed by atoms with Gasteiger partial charge in [-0.1, -0.05) is 158 Å². The number of hydrogen-bond acceptors (Lipinski definition) is 4. The fourth-order valence-electron chi connectivity index (χ4n) is 10.8. The Hall–Kier alpha value is -10.2. The Labute approximate surface area is 472 Å². The average Bonchev–Trinajstić information content (AvgIpc) is 3.50. The minimum Gasteiger partial charge on any atom is -0.311 e. The Kier molecular flexibility index (Phi) is 14.4. The second-order valence-electron chi connectivity index (χ2n) is 20.6. The van der Waals surface area contributed by atoms with Gasteiger partial charge in [0.15, 0.2) is 0 Å². The predicted molar refractivity (Wildman–Crippen MR) is 340 cm³/mol. The van der Waals surface area contributed by atoms with Crippen LogP contribution >= 0.6 is 0 Å². The highest BCUT2D eigenvalue weighted by Crippen LogP contribution is 2.42. The molecule has 0 amide bonds. The zero-order valence-corrected chi connectivity index (χ0v) is 45.7. The highest BCUT2D eigenvalue weighted by molar-refractivity contribution is 5.85. The first-order valence-electron chi connectivity index (χ1n) is 27.5. The van der Waals surface area contributed by atoms with E-state index in [4.69, 9.17) is 0 Å². The van der Waals surface area contributed by atoms with E-state index in [9.17, 15) is 0 Å². The molecule has 0 spiro atoms. The van der Waals surface area contributed by atoms with E-state index in [1.54, 1.807) is 0 Å². The molecule has 0 bridgehead atoms. The van der Waals surface area contributed by atoms with Gasteiger partial charge in [-0.2, -0.15) is 0 Å². The molecule has 0 fully saturated rings. The number of benzene rings is 12. The third-order valence-electron chi connectivity index (χ3n) is 14.8. The van der Waals surface area contributed by atoms with Crippen molar-refractivity contribution < 1.29 is 0 Å². The van der Waals surface area contributed by atoms with Crippen LogP contribution in [-0.4, -0.2) is 0 Å². The van der Waals surface area contributed by atoms with Crippen LogP contribution in [-0.2, 0) is 0 Å². The summed E-state index contributed by atoms with van der Waals surface area (Å²) in [6.45, 7) is 8.60. The topological polar surface area (TPSA) is 13.0 Å². The van der Waals surface area contributed by atoms with E-state index in [2.05, 4.69) is 351 Å². The van der Waals surface area contributed by atoms with Crippen LogP contribution in [0.5, 0.6) is 0 Å². The summed E-state index contributed by atoms with van der Waals surface area (Å²) in [6.07, 6.45) is 0. The van der Waals surface area contributed by atoms with Gasteiger partial charge in [0.05, 0.1) is 0 Å². The van der Waals surface area contributed by atoms with E-state index in [1.165, 1.54) is 22.3 Å². The fourth-order valence-corrected chi connectivity index (χ4v) is 10.8. The van der Waals surface area contributed by atoms with Gasteiger partial charge in [-0.25, -0.2) is 0 Å². The molecule has 0 unspecified atom stereocenters. The molecular formula is C76H62N4. The second kappa shape index (κ2) is 22.8. The van der Waals surface area contributed by atoms with Crippen molar-refractivity contribution in [1.29, 1.82) is 0 Å². The van der Waals surface area contributed by atoms with E-state index < -0.39 is 0 Å². The Morgan fingerprint density at radius 3 is 0.500 bits per heavy atom. The van der Waals surface area contributed by atoms with E-state index in [0.717, 1.165) is 102 Å². The van der Waals surface area contributed by atoms with E-state index in [-0.39, 0.29) is 0 Å². The summed E-state index contributed by atoms with van der Waals surface area (Å²) < 4.78 is 0. The van der Waals surface area contributed by atoms with Crippen molar-refractivity contribution in [3.05, 3.63) is 326 Å². The van der Waals surface area contributed by atoms with E-state index >= 15 is 0 Å². The first-order chi connectivity index (χ1) is 39.3. The van der Waals surface area contributed by atoms with Crippen LogP contribution in [0.15, 0.2) is 303 Å². The molecule has 0 saturated carbocycles. The standard InChI is InChI=1S/C76H62N4/c1-55-15-11-23-73(51-55)79(74-24-12-16-56(2)52-74)71-47-35-63(36-48-71)61-31-43-69(44-32-61)78(68-41-29-60(30-42-68)59-27-39-67(40-28-59)77(65-19-7-5-8-20-65)66-21-9-6-10-22-66)70-45-33-62(34-46-70)64-37-49-72(50-38-64)80(75-25-13-17-57(3)53-75)76-26-14-18-58(4)54-76/h5-54H,1-4H3. The molecule has 0 aliphatic rings. The lowest BCUT2D eigenvalue weighted by atomic mass is 10.0. The molecule has 12 aromatic carbocycles. The molecule has 0 atom stereocenters. The fraction of sp³-hybridized carbons (Fsp3) is 0.0526. The molecule has 4 nitrogen and oxygen atoms in total. The normalized spacial score (nSPS) is 11.0. The van der Waals surface area contributed by atoms with Gasteiger partial charge in [0, 0.05) is 68.2 Å². The van der Waals surface area contributed by atoms with Crippen molar-refractivity contribution in [3.63, 3.8) is 0 Å². The van der Waals surface area contributed by atoms with Gasteiger partial charge in [-0.05, 0) is 229 Å². The van der Waals surface area contributed by atoms with Crippen molar-refractivity contribution in [2.24, 2.45) is 0 Å². The summed E-state index contributed by atoms with van der Waals surface area (Å²) in [5.41, 5.74) is 25.1. The SMILES string of the molecule is Cc1cccc(N(c2ccc(-c3ccc(N(c4ccc(-c5ccc(N(c6ccccc6)c6ccccc6)cc5)cc4)c4ccc(-c5ccc(N(c6cccc(C)c6)c6cccc(C)c6)cc5)cc4)cc3)cc2)c2cccc(C)c2)c1. The largest absolute Gasteiger partial charge is 0.311 e. The van der Waals surface area contributed by atoms with Crippen LogP contribution in [0.3, 0.4) is 0 Å². The van der Waals surface area contributed by atoms with E-state index in [0.29, 0.717) is 0 Å². The molecule has 0 aliphatic heterocycles. The number of anilines is 12. The summed E-state index contributed by atoms with van der Waals surface area (Å²) in [5.74, 6) is 0. The Balaban J connectivity index is 0.856. The van der Waals surface area contributed by atoms with Gasteiger partial charge in [-0.15, -0.1) is 0 Å². The van der Waals surface area contributed by atoms with Gasteiger partial charge in [0.25, 0.3) is 0 Å². The molecule has 386 valence electrons. The highest BCUT2D eigenvalue weighted by atomic mass is 15.2.